The smallest absolute Gasteiger partial charge is 0.225 e. The highest BCUT2D eigenvalue weighted by atomic mass is 19.1. The van der Waals surface area contributed by atoms with Crippen molar-refractivity contribution in [3.05, 3.63) is 95.6 Å². The van der Waals surface area contributed by atoms with Crippen LogP contribution in [0.15, 0.2) is 73.1 Å². The number of amides is 1. The largest absolute Gasteiger partial charge is 0.373 e. The molecule has 1 aliphatic heterocycles. The number of pyridine rings is 1. The minimum Gasteiger partial charge on any atom is -0.373 e. The summed E-state index contributed by atoms with van der Waals surface area (Å²) in [5, 5.41) is 6.25. The van der Waals surface area contributed by atoms with E-state index in [9.17, 15) is 9.18 Å². The lowest BCUT2D eigenvalue weighted by Crippen LogP contribution is -2.43. The van der Waals surface area contributed by atoms with Crippen molar-refractivity contribution in [2.45, 2.75) is 44.3 Å². The Morgan fingerprint density at radius 2 is 1.76 bits per heavy atom. The van der Waals surface area contributed by atoms with Crippen molar-refractivity contribution >= 4 is 11.6 Å². The fraction of sp³-hybridized carbons (Fsp3) is 0.333. The number of hydrogen-bond donors (Lipinski definition) is 2. The minimum atomic E-state index is -0.410. The first-order valence-electron chi connectivity index (χ1n) is 11.5. The van der Waals surface area contributed by atoms with Crippen LogP contribution in [0.3, 0.4) is 0 Å². The van der Waals surface area contributed by atoms with E-state index < -0.39 is 5.82 Å². The van der Waals surface area contributed by atoms with Gasteiger partial charge in [0.25, 0.3) is 0 Å². The molecule has 33 heavy (non-hydrogen) atoms. The molecule has 2 atom stereocenters. The molecule has 4 rings (SSSR count). The van der Waals surface area contributed by atoms with E-state index in [2.05, 4.69) is 15.6 Å². The van der Waals surface area contributed by atoms with Gasteiger partial charge in [-0.25, -0.2) is 4.39 Å². The van der Waals surface area contributed by atoms with Crippen LogP contribution >= 0.6 is 0 Å². The SMILES string of the molecule is C[C@H]1CNC[C@@H](CCc2c(F)cncc2NC(=O)CC(c2ccccc2)c2ccccc2)O1. The van der Waals surface area contributed by atoms with E-state index in [4.69, 9.17) is 4.74 Å². The molecule has 0 spiro atoms. The molecule has 0 aliphatic carbocycles. The number of benzene rings is 2. The third kappa shape index (κ3) is 6.24. The Morgan fingerprint density at radius 3 is 2.39 bits per heavy atom. The molecule has 3 aromatic rings. The zero-order chi connectivity index (χ0) is 23.0. The Labute approximate surface area is 194 Å². The summed E-state index contributed by atoms with van der Waals surface area (Å²) in [5.74, 6) is -0.682. The van der Waals surface area contributed by atoms with Crippen LogP contribution in [0.2, 0.25) is 0 Å². The summed E-state index contributed by atoms with van der Waals surface area (Å²) in [6.07, 6.45) is 4.26. The molecule has 0 bridgehead atoms. The number of carbonyl (C=O) groups is 1. The molecule has 1 saturated heterocycles. The summed E-state index contributed by atoms with van der Waals surface area (Å²) in [7, 11) is 0. The first-order chi connectivity index (χ1) is 16.1. The third-order valence-electron chi connectivity index (χ3n) is 6.02. The van der Waals surface area contributed by atoms with Crippen LogP contribution < -0.4 is 10.6 Å². The first kappa shape index (κ1) is 23.1. The molecule has 1 fully saturated rings. The van der Waals surface area contributed by atoms with Crippen LogP contribution in [0.1, 0.15) is 42.4 Å². The van der Waals surface area contributed by atoms with E-state index in [-0.39, 0.29) is 30.5 Å². The highest BCUT2D eigenvalue weighted by molar-refractivity contribution is 5.92. The van der Waals surface area contributed by atoms with Gasteiger partial charge in [0.05, 0.1) is 30.3 Å². The van der Waals surface area contributed by atoms with Gasteiger partial charge in [-0.1, -0.05) is 60.7 Å². The molecule has 2 aromatic carbocycles. The summed E-state index contributed by atoms with van der Waals surface area (Å²) in [6.45, 7) is 3.59. The maximum absolute atomic E-state index is 14.7. The summed E-state index contributed by atoms with van der Waals surface area (Å²) in [6, 6.07) is 19.9. The van der Waals surface area contributed by atoms with Gasteiger partial charge in [0.2, 0.25) is 5.91 Å². The fourth-order valence-electron chi connectivity index (χ4n) is 4.36. The molecule has 6 heteroatoms. The van der Waals surface area contributed by atoms with Gasteiger partial charge in [0.15, 0.2) is 0 Å². The van der Waals surface area contributed by atoms with Crippen molar-refractivity contribution in [2.75, 3.05) is 18.4 Å². The van der Waals surface area contributed by atoms with Gasteiger partial charge in [-0.2, -0.15) is 0 Å². The van der Waals surface area contributed by atoms with Crippen molar-refractivity contribution in [1.82, 2.24) is 10.3 Å². The van der Waals surface area contributed by atoms with Crippen molar-refractivity contribution in [1.29, 1.82) is 0 Å². The number of hydrogen-bond acceptors (Lipinski definition) is 4. The Kier molecular flexibility index (Phi) is 7.81. The van der Waals surface area contributed by atoms with Crippen LogP contribution in [-0.4, -0.2) is 36.2 Å². The normalized spacial score (nSPS) is 18.3. The molecule has 1 aliphatic rings. The van der Waals surface area contributed by atoms with Crippen molar-refractivity contribution in [3.8, 4) is 0 Å². The molecular weight excluding hydrogens is 417 g/mol. The number of halogens is 1. The standard InChI is InChI=1S/C27H30FN3O2/c1-19-15-29-16-22(33-19)12-13-23-25(28)17-30-18-26(23)31-27(32)14-24(20-8-4-2-5-9-20)21-10-6-3-7-11-21/h2-11,17-19,22,24,29H,12-16H2,1H3,(H,31,32)/t19-,22+/m0/s1. The second-order valence-electron chi connectivity index (χ2n) is 8.54. The number of rotatable bonds is 8. The summed E-state index contributed by atoms with van der Waals surface area (Å²) in [4.78, 5) is 17.1. The lowest BCUT2D eigenvalue weighted by molar-refractivity contribution is -0.116. The van der Waals surface area contributed by atoms with Crippen molar-refractivity contribution in [3.63, 3.8) is 0 Å². The lowest BCUT2D eigenvalue weighted by Gasteiger charge is -2.29. The van der Waals surface area contributed by atoms with E-state index in [1.165, 1.54) is 12.4 Å². The van der Waals surface area contributed by atoms with Crippen molar-refractivity contribution < 1.29 is 13.9 Å². The van der Waals surface area contributed by atoms with E-state index in [1.807, 2.05) is 67.6 Å². The maximum Gasteiger partial charge on any atom is 0.225 e. The van der Waals surface area contributed by atoms with E-state index >= 15 is 0 Å². The topological polar surface area (TPSA) is 63.2 Å². The number of anilines is 1. The summed E-state index contributed by atoms with van der Waals surface area (Å²) in [5.41, 5.74) is 3.02. The van der Waals surface area contributed by atoms with Gasteiger partial charge in [0, 0.05) is 31.0 Å². The molecule has 2 N–H and O–H groups in total. The molecule has 5 nitrogen and oxygen atoms in total. The van der Waals surface area contributed by atoms with E-state index in [0.717, 1.165) is 24.2 Å². The molecular formula is C27H30FN3O2. The predicted molar refractivity (Wildman–Crippen MR) is 128 cm³/mol. The predicted octanol–water partition coefficient (Wildman–Crippen LogP) is 4.69. The number of nitrogens with zero attached hydrogens (tertiary/aromatic N) is 1. The molecule has 0 unspecified atom stereocenters. The highest BCUT2D eigenvalue weighted by Crippen LogP contribution is 2.29. The highest BCUT2D eigenvalue weighted by Gasteiger charge is 2.22. The van der Waals surface area contributed by atoms with Crippen LogP contribution in [0.4, 0.5) is 10.1 Å². The van der Waals surface area contributed by atoms with Crippen LogP contribution in [-0.2, 0) is 16.0 Å². The number of morpholine rings is 1. The molecule has 172 valence electrons. The van der Waals surface area contributed by atoms with Crippen LogP contribution in [0, 0.1) is 5.82 Å². The fourth-order valence-corrected chi connectivity index (χ4v) is 4.36. The molecule has 0 saturated carbocycles. The maximum atomic E-state index is 14.7. The zero-order valence-electron chi connectivity index (χ0n) is 18.8. The summed E-state index contributed by atoms with van der Waals surface area (Å²) < 4.78 is 20.6. The monoisotopic (exact) mass is 447 g/mol. The van der Waals surface area contributed by atoms with Gasteiger partial charge in [0.1, 0.15) is 5.82 Å². The summed E-state index contributed by atoms with van der Waals surface area (Å²) >= 11 is 0. The average Bonchev–Trinajstić information content (AvgIpc) is 2.83. The quantitative estimate of drug-likeness (QED) is 0.526. The van der Waals surface area contributed by atoms with Gasteiger partial charge >= 0.3 is 0 Å². The number of carbonyl (C=O) groups excluding carboxylic acids is 1. The van der Waals surface area contributed by atoms with Crippen molar-refractivity contribution in [2.24, 2.45) is 0 Å². The van der Waals surface area contributed by atoms with Gasteiger partial charge in [-0.15, -0.1) is 0 Å². The number of ether oxygens (including phenoxy) is 1. The Hall–Kier alpha value is -3.09. The average molecular weight is 448 g/mol. The Balaban J connectivity index is 1.47. The molecule has 1 amide bonds. The Morgan fingerprint density at radius 1 is 1.09 bits per heavy atom. The van der Waals surface area contributed by atoms with Crippen LogP contribution in [0.5, 0.6) is 0 Å². The van der Waals surface area contributed by atoms with Gasteiger partial charge in [-0.3, -0.25) is 9.78 Å². The van der Waals surface area contributed by atoms with Gasteiger partial charge in [-0.05, 0) is 30.9 Å². The first-order valence-corrected chi connectivity index (χ1v) is 11.5. The van der Waals surface area contributed by atoms with E-state index in [0.29, 0.717) is 24.1 Å². The second-order valence-corrected chi connectivity index (χ2v) is 8.54. The third-order valence-corrected chi connectivity index (χ3v) is 6.02. The Bertz CT molecular complexity index is 1010. The van der Waals surface area contributed by atoms with Gasteiger partial charge < -0.3 is 15.4 Å². The van der Waals surface area contributed by atoms with Crippen LogP contribution in [0.25, 0.3) is 0 Å². The second kappa shape index (κ2) is 11.2. The lowest BCUT2D eigenvalue weighted by atomic mass is 9.88. The molecule has 2 heterocycles. The molecule has 0 radical (unpaired) electrons. The van der Waals surface area contributed by atoms with E-state index in [1.54, 1.807) is 0 Å². The number of aromatic nitrogens is 1. The zero-order valence-corrected chi connectivity index (χ0v) is 18.8. The molecule has 1 aromatic heterocycles. The minimum absolute atomic E-state index is 0.0189. The number of nitrogens with one attached hydrogen (secondary N) is 2.